The normalized spacial score (nSPS) is 14.2. The largest absolute Gasteiger partial charge is 0.460 e. The summed E-state index contributed by atoms with van der Waals surface area (Å²) in [6.45, 7) is 0. The van der Waals surface area contributed by atoms with Gasteiger partial charge in [-0.15, -0.1) is 0 Å². The minimum Gasteiger partial charge on any atom is -0.419 e. The van der Waals surface area contributed by atoms with Crippen LogP contribution < -0.4 is 4.74 Å². The highest BCUT2D eigenvalue weighted by molar-refractivity contribution is 5.90. The molecule has 1 atom stereocenters. The van der Waals surface area contributed by atoms with Crippen molar-refractivity contribution in [3.63, 3.8) is 0 Å². The SMILES string of the molecule is COC(F)(C(=O)Oc1cc([N+](=O)[O-])cc2cccnc12)C(F)(F)F. The lowest BCUT2D eigenvalue weighted by Gasteiger charge is -2.23. The highest BCUT2D eigenvalue weighted by Gasteiger charge is 2.65. The van der Waals surface area contributed by atoms with Crippen LogP contribution in [0.1, 0.15) is 0 Å². The van der Waals surface area contributed by atoms with Crippen molar-refractivity contribution in [3.05, 3.63) is 40.6 Å². The van der Waals surface area contributed by atoms with E-state index < -0.39 is 34.4 Å². The molecule has 2 aromatic rings. The first-order valence-corrected chi connectivity index (χ1v) is 6.16. The molecule has 0 aliphatic carbocycles. The number of methoxy groups -OCH3 is 1. The molecule has 0 saturated heterocycles. The highest BCUT2D eigenvalue weighted by Crippen LogP contribution is 2.37. The molecule has 0 radical (unpaired) electrons. The van der Waals surface area contributed by atoms with E-state index in [0.717, 1.165) is 6.07 Å². The number of nitrogens with zero attached hydrogens (tertiary/aromatic N) is 2. The number of pyridine rings is 1. The number of fused-ring (bicyclic) bond motifs is 1. The van der Waals surface area contributed by atoms with Gasteiger partial charge in [-0.1, -0.05) is 6.07 Å². The third-order valence-electron chi connectivity index (χ3n) is 2.98. The second-order valence-corrected chi connectivity index (χ2v) is 4.46. The lowest BCUT2D eigenvalue weighted by atomic mass is 10.2. The molecule has 0 spiro atoms. The summed E-state index contributed by atoms with van der Waals surface area (Å²) in [6.07, 6.45) is -4.49. The smallest absolute Gasteiger partial charge is 0.419 e. The molecule has 0 bridgehead atoms. The maximum Gasteiger partial charge on any atom is 0.460 e. The molecule has 0 aliphatic rings. The number of hydrogen-bond donors (Lipinski definition) is 0. The summed E-state index contributed by atoms with van der Waals surface area (Å²) >= 11 is 0. The van der Waals surface area contributed by atoms with Crippen molar-refractivity contribution in [2.45, 2.75) is 12.0 Å². The summed E-state index contributed by atoms with van der Waals surface area (Å²) in [4.78, 5) is 25.4. The Morgan fingerprint density at radius 1 is 1.29 bits per heavy atom. The van der Waals surface area contributed by atoms with Crippen molar-refractivity contribution in [2.24, 2.45) is 0 Å². The highest BCUT2D eigenvalue weighted by atomic mass is 19.4. The van der Waals surface area contributed by atoms with E-state index in [1.54, 1.807) is 0 Å². The minimum atomic E-state index is -5.71. The number of aromatic nitrogens is 1. The fourth-order valence-corrected chi connectivity index (χ4v) is 1.81. The Balaban J connectivity index is 2.53. The number of ether oxygens (including phenoxy) is 2. The third kappa shape index (κ3) is 2.97. The van der Waals surface area contributed by atoms with Crippen molar-refractivity contribution >= 4 is 22.6 Å². The second-order valence-electron chi connectivity index (χ2n) is 4.46. The van der Waals surface area contributed by atoms with Crippen molar-refractivity contribution in [2.75, 3.05) is 7.11 Å². The van der Waals surface area contributed by atoms with Gasteiger partial charge >= 0.3 is 18.0 Å². The van der Waals surface area contributed by atoms with Gasteiger partial charge in [0.2, 0.25) is 0 Å². The predicted octanol–water partition coefficient (Wildman–Crippen LogP) is 2.92. The van der Waals surface area contributed by atoms with Crippen LogP contribution in [0.2, 0.25) is 0 Å². The lowest BCUT2D eigenvalue weighted by Crippen LogP contribution is -2.51. The Hall–Kier alpha value is -2.82. The zero-order valence-electron chi connectivity index (χ0n) is 11.8. The molecule has 2 rings (SSSR count). The van der Waals surface area contributed by atoms with Gasteiger partial charge in [0.05, 0.1) is 11.0 Å². The number of nitro groups is 1. The molecule has 1 aromatic heterocycles. The number of carbonyl (C=O) groups excluding carboxylic acids is 1. The summed E-state index contributed by atoms with van der Waals surface area (Å²) in [5, 5.41) is 11.0. The van der Waals surface area contributed by atoms with Gasteiger partial charge < -0.3 is 9.47 Å². The molecule has 1 aromatic carbocycles. The van der Waals surface area contributed by atoms with Crippen molar-refractivity contribution in [3.8, 4) is 5.75 Å². The number of rotatable bonds is 4. The predicted molar refractivity (Wildman–Crippen MR) is 70.9 cm³/mol. The van der Waals surface area contributed by atoms with E-state index in [1.807, 2.05) is 0 Å². The van der Waals surface area contributed by atoms with Crippen molar-refractivity contribution in [1.82, 2.24) is 4.98 Å². The van der Waals surface area contributed by atoms with Crippen LogP contribution >= 0.6 is 0 Å². The fourth-order valence-electron chi connectivity index (χ4n) is 1.81. The van der Waals surface area contributed by atoms with Crippen LogP contribution in [-0.4, -0.2) is 35.0 Å². The molecule has 1 unspecified atom stereocenters. The Morgan fingerprint density at radius 2 is 1.96 bits per heavy atom. The average Bonchev–Trinajstić information content (AvgIpc) is 2.52. The molecule has 0 amide bonds. The summed E-state index contributed by atoms with van der Waals surface area (Å²) in [6, 6.07) is 4.50. The van der Waals surface area contributed by atoms with Crippen LogP contribution in [0, 0.1) is 10.1 Å². The molecule has 0 fully saturated rings. The lowest BCUT2D eigenvalue weighted by molar-refractivity contribution is -0.384. The van der Waals surface area contributed by atoms with Crippen LogP contribution in [0.3, 0.4) is 0 Å². The van der Waals surface area contributed by atoms with Crippen LogP contribution in [0.4, 0.5) is 23.2 Å². The van der Waals surface area contributed by atoms with Gasteiger partial charge in [-0.25, -0.2) is 4.79 Å². The molecule has 0 aliphatic heterocycles. The number of nitro benzene ring substituents is 1. The van der Waals surface area contributed by atoms with E-state index in [0.29, 0.717) is 13.2 Å². The molecule has 0 saturated carbocycles. The first-order chi connectivity index (χ1) is 11.1. The standard InChI is InChI=1S/C13H8F4N2O5/c1-23-12(14,13(15,16)17)11(20)24-9-6-8(19(21)22)5-7-3-2-4-18-10(7)9/h2-6H,1H3. The molecule has 128 valence electrons. The van der Waals surface area contributed by atoms with Gasteiger partial charge in [-0.05, 0) is 6.07 Å². The first kappa shape index (κ1) is 17.5. The number of non-ortho nitro benzene ring substituents is 1. The van der Waals surface area contributed by atoms with Gasteiger partial charge in [-0.3, -0.25) is 15.1 Å². The minimum absolute atomic E-state index is 0.114. The maximum absolute atomic E-state index is 13.8. The Labute approximate surface area is 130 Å². The number of alkyl halides is 4. The molecule has 24 heavy (non-hydrogen) atoms. The number of esters is 1. The van der Waals surface area contributed by atoms with Gasteiger partial charge in [0.1, 0.15) is 5.52 Å². The van der Waals surface area contributed by atoms with Gasteiger partial charge in [-0.2, -0.15) is 17.6 Å². The van der Waals surface area contributed by atoms with E-state index >= 15 is 0 Å². The molecule has 11 heteroatoms. The summed E-state index contributed by atoms with van der Waals surface area (Å²) in [5.41, 5.74) is -0.732. The number of benzene rings is 1. The molecule has 7 nitrogen and oxygen atoms in total. The Kier molecular flexibility index (Phi) is 4.38. The number of halogens is 4. The Bertz CT molecular complexity index is 811. The van der Waals surface area contributed by atoms with Crippen LogP contribution in [0.5, 0.6) is 5.75 Å². The second kappa shape index (κ2) is 6.00. The monoisotopic (exact) mass is 348 g/mol. The third-order valence-corrected chi connectivity index (χ3v) is 2.98. The molecule has 1 heterocycles. The van der Waals surface area contributed by atoms with E-state index in [-0.39, 0.29) is 10.9 Å². The summed E-state index contributed by atoms with van der Waals surface area (Å²) < 4.78 is 59.7. The van der Waals surface area contributed by atoms with Crippen molar-refractivity contribution < 1.29 is 36.8 Å². The van der Waals surface area contributed by atoms with E-state index in [2.05, 4.69) is 14.5 Å². The number of hydrogen-bond acceptors (Lipinski definition) is 6. The summed E-state index contributed by atoms with van der Waals surface area (Å²) in [7, 11) is 0.332. The fraction of sp³-hybridized carbons (Fsp3) is 0.231. The zero-order valence-corrected chi connectivity index (χ0v) is 11.8. The summed E-state index contributed by atoms with van der Waals surface area (Å²) in [5.74, 6) is -7.85. The molecular formula is C13H8F4N2O5. The Morgan fingerprint density at radius 3 is 2.50 bits per heavy atom. The van der Waals surface area contributed by atoms with E-state index in [4.69, 9.17) is 0 Å². The zero-order chi connectivity index (χ0) is 18.1. The van der Waals surface area contributed by atoms with Crippen LogP contribution in [0.25, 0.3) is 10.9 Å². The maximum atomic E-state index is 13.8. The average molecular weight is 348 g/mol. The van der Waals surface area contributed by atoms with Crippen LogP contribution in [0.15, 0.2) is 30.5 Å². The van der Waals surface area contributed by atoms with Gasteiger partial charge in [0.25, 0.3) is 5.69 Å². The van der Waals surface area contributed by atoms with Gasteiger partial charge in [0, 0.05) is 24.8 Å². The quantitative estimate of drug-likeness (QED) is 0.277. The van der Waals surface area contributed by atoms with E-state index in [9.17, 15) is 32.5 Å². The molecule has 0 N–H and O–H groups in total. The van der Waals surface area contributed by atoms with Gasteiger partial charge in [0.15, 0.2) is 5.75 Å². The van der Waals surface area contributed by atoms with Crippen molar-refractivity contribution in [1.29, 1.82) is 0 Å². The number of carbonyl (C=O) groups is 1. The first-order valence-electron chi connectivity index (χ1n) is 6.16. The van der Waals surface area contributed by atoms with Crippen LogP contribution in [-0.2, 0) is 9.53 Å². The molecular weight excluding hydrogens is 340 g/mol. The topological polar surface area (TPSA) is 91.6 Å². The van der Waals surface area contributed by atoms with E-state index in [1.165, 1.54) is 18.3 Å².